The molecule has 0 aliphatic rings. The summed E-state index contributed by atoms with van der Waals surface area (Å²) in [5.74, 6) is -0.624. The van der Waals surface area contributed by atoms with Gasteiger partial charge in [0, 0.05) is 21.0 Å². The van der Waals surface area contributed by atoms with Crippen molar-refractivity contribution >= 4 is 39.9 Å². The molecule has 3 aromatic rings. The summed E-state index contributed by atoms with van der Waals surface area (Å²) >= 11 is 12.0. The number of hydrogen-bond donors (Lipinski definition) is 0. The van der Waals surface area contributed by atoms with Crippen molar-refractivity contribution in [3.8, 4) is 0 Å². The maximum atomic E-state index is 12.6. The number of esters is 1. The second kappa shape index (κ2) is 7.48. The van der Waals surface area contributed by atoms with Crippen molar-refractivity contribution in [3.05, 3.63) is 74.1 Å². The first-order valence-electron chi connectivity index (χ1n) is 8.01. The highest BCUT2D eigenvalue weighted by Crippen LogP contribution is 2.22. The van der Waals surface area contributed by atoms with E-state index in [-0.39, 0.29) is 23.9 Å². The van der Waals surface area contributed by atoms with Gasteiger partial charge in [-0.05, 0) is 32.0 Å². The average Bonchev–Trinajstić information content (AvgIpc) is 2.61. The average molecular weight is 391 g/mol. The van der Waals surface area contributed by atoms with E-state index in [4.69, 9.17) is 27.9 Å². The summed E-state index contributed by atoms with van der Waals surface area (Å²) in [5, 5.41) is 6.02. The first-order valence-corrected chi connectivity index (χ1v) is 8.76. The van der Waals surface area contributed by atoms with Crippen molar-refractivity contribution in [2.75, 3.05) is 0 Å². The smallest absolute Gasteiger partial charge is 0.359 e. The van der Waals surface area contributed by atoms with Crippen LogP contribution in [0.3, 0.4) is 0 Å². The highest BCUT2D eigenvalue weighted by atomic mass is 35.5. The summed E-state index contributed by atoms with van der Waals surface area (Å²) in [6.07, 6.45) is 0. The third-order valence-corrected chi connectivity index (χ3v) is 4.47. The van der Waals surface area contributed by atoms with Gasteiger partial charge in [0.25, 0.3) is 5.56 Å². The van der Waals surface area contributed by atoms with E-state index in [1.54, 1.807) is 42.5 Å². The SMILES string of the molecule is CC(C)n1nc(C(=O)OCc2ccc(Cl)cc2Cl)c2ccccc2c1=O. The molecule has 1 aromatic heterocycles. The van der Waals surface area contributed by atoms with Crippen molar-refractivity contribution in [3.63, 3.8) is 0 Å². The van der Waals surface area contributed by atoms with E-state index in [9.17, 15) is 9.59 Å². The van der Waals surface area contributed by atoms with E-state index in [0.29, 0.717) is 26.4 Å². The fourth-order valence-electron chi connectivity index (χ4n) is 2.56. The molecule has 0 fully saturated rings. The van der Waals surface area contributed by atoms with Crippen LogP contribution in [0.15, 0.2) is 47.3 Å². The summed E-state index contributed by atoms with van der Waals surface area (Å²) in [7, 11) is 0. The largest absolute Gasteiger partial charge is 0.456 e. The van der Waals surface area contributed by atoms with Gasteiger partial charge in [0.2, 0.25) is 0 Å². The highest BCUT2D eigenvalue weighted by molar-refractivity contribution is 6.35. The quantitative estimate of drug-likeness (QED) is 0.608. The van der Waals surface area contributed by atoms with Crippen LogP contribution >= 0.6 is 23.2 Å². The summed E-state index contributed by atoms with van der Waals surface area (Å²) < 4.78 is 6.66. The number of carbonyl (C=O) groups is 1. The molecular weight excluding hydrogens is 375 g/mol. The van der Waals surface area contributed by atoms with Crippen LogP contribution in [0.2, 0.25) is 10.0 Å². The van der Waals surface area contributed by atoms with Crippen LogP contribution in [0, 0.1) is 0 Å². The van der Waals surface area contributed by atoms with Crippen LogP contribution in [0.25, 0.3) is 10.8 Å². The molecule has 1 heterocycles. The maximum absolute atomic E-state index is 12.6. The van der Waals surface area contributed by atoms with Gasteiger partial charge < -0.3 is 4.74 Å². The fourth-order valence-corrected chi connectivity index (χ4v) is 3.02. The Morgan fingerprint density at radius 3 is 2.50 bits per heavy atom. The standard InChI is InChI=1S/C19H16Cl2N2O3/c1-11(2)23-18(24)15-6-4-3-5-14(15)17(22-23)19(25)26-10-12-7-8-13(20)9-16(12)21/h3-9,11H,10H2,1-2H3. The number of halogens is 2. The lowest BCUT2D eigenvalue weighted by molar-refractivity contribution is 0.0465. The molecule has 0 unspecified atom stereocenters. The summed E-state index contributed by atoms with van der Waals surface area (Å²) in [6.45, 7) is 3.63. The van der Waals surface area contributed by atoms with Crippen LogP contribution in [0.5, 0.6) is 0 Å². The van der Waals surface area contributed by atoms with Gasteiger partial charge in [-0.15, -0.1) is 0 Å². The third kappa shape index (κ3) is 3.59. The molecule has 3 rings (SSSR count). The number of aromatic nitrogens is 2. The summed E-state index contributed by atoms with van der Waals surface area (Å²) in [4.78, 5) is 25.1. The lowest BCUT2D eigenvalue weighted by Crippen LogP contribution is -2.27. The molecule has 0 N–H and O–H groups in total. The van der Waals surface area contributed by atoms with Crippen molar-refractivity contribution < 1.29 is 9.53 Å². The van der Waals surface area contributed by atoms with Gasteiger partial charge in [0.1, 0.15) is 6.61 Å². The number of benzene rings is 2. The first-order chi connectivity index (χ1) is 12.4. The summed E-state index contributed by atoms with van der Waals surface area (Å²) in [5.41, 5.74) is 0.484. The molecule has 0 spiro atoms. The normalized spacial score (nSPS) is 11.1. The minimum absolute atomic E-state index is 0.0222. The van der Waals surface area contributed by atoms with Crippen LogP contribution in [-0.4, -0.2) is 15.7 Å². The zero-order valence-corrected chi connectivity index (χ0v) is 15.7. The molecule has 7 heteroatoms. The van der Waals surface area contributed by atoms with Gasteiger partial charge in [-0.25, -0.2) is 9.48 Å². The van der Waals surface area contributed by atoms with Crippen molar-refractivity contribution in [2.45, 2.75) is 26.5 Å². The Morgan fingerprint density at radius 2 is 1.85 bits per heavy atom. The van der Waals surface area contributed by atoms with Crippen LogP contribution in [0.4, 0.5) is 0 Å². The Bertz CT molecular complexity index is 1040. The lowest BCUT2D eigenvalue weighted by atomic mass is 10.1. The molecule has 134 valence electrons. The van der Waals surface area contributed by atoms with Crippen LogP contribution in [0.1, 0.15) is 35.9 Å². The second-order valence-electron chi connectivity index (χ2n) is 6.05. The van der Waals surface area contributed by atoms with E-state index in [1.165, 1.54) is 4.68 Å². The molecule has 0 aliphatic heterocycles. The van der Waals surface area contributed by atoms with Gasteiger partial charge in [-0.2, -0.15) is 5.10 Å². The van der Waals surface area contributed by atoms with Gasteiger partial charge in [0.05, 0.1) is 11.4 Å². The molecule has 26 heavy (non-hydrogen) atoms. The molecule has 0 atom stereocenters. The Morgan fingerprint density at radius 1 is 1.15 bits per heavy atom. The number of hydrogen-bond acceptors (Lipinski definition) is 4. The predicted octanol–water partition coefficient (Wildman–Crippen LogP) is 4.64. The predicted molar refractivity (Wildman–Crippen MR) is 102 cm³/mol. The molecule has 0 amide bonds. The third-order valence-electron chi connectivity index (χ3n) is 3.88. The van der Waals surface area contributed by atoms with E-state index in [0.717, 1.165) is 0 Å². The van der Waals surface area contributed by atoms with Gasteiger partial charge in [-0.1, -0.05) is 47.5 Å². The fraction of sp³-hybridized carbons (Fsp3) is 0.211. The molecule has 0 saturated heterocycles. The minimum atomic E-state index is -0.624. The Kier molecular flexibility index (Phi) is 5.30. The van der Waals surface area contributed by atoms with Gasteiger partial charge >= 0.3 is 5.97 Å². The highest BCUT2D eigenvalue weighted by Gasteiger charge is 2.19. The number of carbonyl (C=O) groups excluding carboxylic acids is 1. The molecular formula is C19H16Cl2N2O3. The molecule has 0 aliphatic carbocycles. The topological polar surface area (TPSA) is 61.2 Å². The Hall–Kier alpha value is -2.37. The molecule has 0 bridgehead atoms. The van der Waals surface area contributed by atoms with E-state index in [2.05, 4.69) is 5.10 Å². The zero-order chi connectivity index (χ0) is 18.8. The maximum Gasteiger partial charge on any atom is 0.359 e. The Balaban J connectivity index is 1.97. The van der Waals surface area contributed by atoms with Gasteiger partial charge in [0.15, 0.2) is 5.69 Å². The molecule has 0 saturated carbocycles. The second-order valence-corrected chi connectivity index (χ2v) is 6.89. The molecule has 5 nitrogen and oxygen atoms in total. The number of ether oxygens (including phenoxy) is 1. The Labute approximate surface area is 160 Å². The summed E-state index contributed by atoms with van der Waals surface area (Å²) in [6, 6.07) is 11.6. The van der Waals surface area contributed by atoms with Crippen molar-refractivity contribution in [1.82, 2.24) is 9.78 Å². The van der Waals surface area contributed by atoms with Crippen molar-refractivity contribution in [1.29, 1.82) is 0 Å². The zero-order valence-electron chi connectivity index (χ0n) is 14.2. The first kappa shape index (κ1) is 18.4. The van der Waals surface area contributed by atoms with Crippen molar-refractivity contribution in [2.24, 2.45) is 0 Å². The van der Waals surface area contributed by atoms with Crippen LogP contribution < -0.4 is 5.56 Å². The number of rotatable bonds is 4. The number of nitrogens with zero attached hydrogens (tertiary/aromatic N) is 2. The van der Waals surface area contributed by atoms with E-state index >= 15 is 0 Å². The van der Waals surface area contributed by atoms with E-state index < -0.39 is 5.97 Å². The number of fused-ring (bicyclic) bond motifs is 1. The molecule has 2 aromatic carbocycles. The molecule has 0 radical (unpaired) electrons. The lowest BCUT2D eigenvalue weighted by Gasteiger charge is -2.13. The monoisotopic (exact) mass is 390 g/mol. The van der Waals surface area contributed by atoms with Gasteiger partial charge in [-0.3, -0.25) is 4.79 Å². The van der Waals surface area contributed by atoms with E-state index in [1.807, 2.05) is 13.8 Å². The minimum Gasteiger partial charge on any atom is -0.456 e. The van der Waals surface area contributed by atoms with Crippen LogP contribution in [-0.2, 0) is 11.3 Å².